The van der Waals surface area contributed by atoms with Crippen LogP contribution in [-0.2, 0) is 15.9 Å². The lowest BCUT2D eigenvalue weighted by atomic mass is 10.1. The molecule has 0 unspecified atom stereocenters. The van der Waals surface area contributed by atoms with Gasteiger partial charge in [0, 0.05) is 19.0 Å². The number of methoxy groups -OCH3 is 1. The fraction of sp³-hybridized carbons (Fsp3) is 0.688. The summed E-state index contributed by atoms with van der Waals surface area (Å²) in [5.41, 5.74) is -0.270. The van der Waals surface area contributed by atoms with E-state index in [2.05, 4.69) is 15.2 Å². The van der Waals surface area contributed by atoms with E-state index in [1.54, 1.807) is 6.07 Å². The Morgan fingerprint density at radius 1 is 1.22 bits per heavy atom. The van der Waals surface area contributed by atoms with Gasteiger partial charge in [-0.05, 0) is 33.6 Å². The highest BCUT2D eigenvalue weighted by Gasteiger charge is 2.15. The minimum absolute atomic E-state index is 0.198. The van der Waals surface area contributed by atoms with E-state index < -0.39 is 11.6 Å². The predicted molar refractivity (Wildman–Crippen MR) is 84.3 cm³/mol. The largest absolute Gasteiger partial charge is 0.464 e. The maximum atomic E-state index is 11.4. The van der Waals surface area contributed by atoms with E-state index >= 15 is 0 Å². The Labute approximate surface area is 136 Å². The van der Waals surface area contributed by atoms with Crippen LogP contribution >= 0.6 is 0 Å². The summed E-state index contributed by atoms with van der Waals surface area (Å²) in [7, 11) is 1.31. The maximum absolute atomic E-state index is 11.4. The summed E-state index contributed by atoms with van der Waals surface area (Å²) in [5, 5.41) is 6.38. The fourth-order valence-corrected chi connectivity index (χ4v) is 1.91. The zero-order valence-electron chi connectivity index (χ0n) is 14.3. The Bertz CT molecular complexity index is 505. The number of amides is 1. The molecule has 23 heavy (non-hydrogen) atoms. The van der Waals surface area contributed by atoms with E-state index in [0.717, 1.165) is 32.1 Å². The van der Waals surface area contributed by atoms with Crippen molar-refractivity contribution in [3.05, 3.63) is 17.5 Å². The van der Waals surface area contributed by atoms with Gasteiger partial charge in [0.05, 0.1) is 7.11 Å². The van der Waals surface area contributed by atoms with Gasteiger partial charge >= 0.3 is 12.1 Å². The van der Waals surface area contributed by atoms with Gasteiger partial charge in [-0.1, -0.05) is 18.0 Å². The molecule has 130 valence electrons. The number of nitrogens with one attached hydrogen (secondary N) is 1. The molecule has 0 fully saturated rings. The van der Waals surface area contributed by atoms with E-state index in [-0.39, 0.29) is 11.8 Å². The molecule has 0 spiro atoms. The Hall–Kier alpha value is -2.05. The zero-order chi connectivity index (χ0) is 17.3. The Balaban J connectivity index is 2.06. The van der Waals surface area contributed by atoms with Crippen LogP contribution in [0.3, 0.4) is 0 Å². The first-order valence-electron chi connectivity index (χ1n) is 7.82. The van der Waals surface area contributed by atoms with Crippen molar-refractivity contribution in [1.82, 2.24) is 10.5 Å². The van der Waals surface area contributed by atoms with E-state index in [9.17, 15) is 9.59 Å². The average molecular weight is 326 g/mol. The molecule has 0 aliphatic rings. The number of hydrogen-bond acceptors (Lipinski definition) is 6. The summed E-state index contributed by atoms with van der Waals surface area (Å²) in [6.07, 6.45) is 4.17. The Morgan fingerprint density at radius 2 is 1.91 bits per heavy atom. The monoisotopic (exact) mass is 326 g/mol. The van der Waals surface area contributed by atoms with Crippen LogP contribution < -0.4 is 5.32 Å². The van der Waals surface area contributed by atoms with Gasteiger partial charge < -0.3 is 19.3 Å². The van der Waals surface area contributed by atoms with Crippen molar-refractivity contribution in [1.29, 1.82) is 0 Å². The number of aromatic nitrogens is 1. The standard InChI is InChI=1S/C16H26N2O5/c1-16(2,3)22-15(20)17-10-8-6-5-7-9-12-11-13(18-23-12)14(19)21-4/h11H,5-10H2,1-4H3,(H,17,20). The van der Waals surface area contributed by atoms with Gasteiger partial charge in [0.25, 0.3) is 0 Å². The number of unbranched alkanes of at least 4 members (excludes halogenated alkanes) is 3. The van der Waals surface area contributed by atoms with Crippen LogP contribution in [0.25, 0.3) is 0 Å². The van der Waals surface area contributed by atoms with Crippen molar-refractivity contribution in [2.24, 2.45) is 0 Å². The van der Waals surface area contributed by atoms with Crippen molar-refractivity contribution in [2.45, 2.75) is 58.5 Å². The summed E-state index contributed by atoms with van der Waals surface area (Å²) in [4.78, 5) is 22.7. The third-order valence-corrected chi connectivity index (χ3v) is 2.97. The number of ether oxygens (including phenoxy) is 2. The molecule has 0 aromatic carbocycles. The molecular formula is C16H26N2O5. The second kappa shape index (κ2) is 9.17. The van der Waals surface area contributed by atoms with Gasteiger partial charge in [0.1, 0.15) is 11.4 Å². The highest BCUT2D eigenvalue weighted by molar-refractivity contribution is 5.86. The van der Waals surface area contributed by atoms with Crippen LogP contribution in [-0.4, -0.2) is 36.5 Å². The summed E-state index contributed by atoms with van der Waals surface area (Å²) < 4.78 is 14.8. The molecule has 0 atom stereocenters. The van der Waals surface area contributed by atoms with Gasteiger partial charge in [-0.3, -0.25) is 0 Å². The minimum Gasteiger partial charge on any atom is -0.464 e. The van der Waals surface area contributed by atoms with Crippen molar-refractivity contribution in [2.75, 3.05) is 13.7 Å². The third-order valence-electron chi connectivity index (χ3n) is 2.97. The number of alkyl carbamates (subject to hydrolysis) is 1. The van der Waals surface area contributed by atoms with Crippen LogP contribution in [0.5, 0.6) is 0 Å². The molecule has 1 amide bonds. The van der Waals surface area contributed by atoms with Crippen LogP contribution in [0.1, 0.15) is 62.7 Å². The number of hydrogen-bond donors (Lipinski definition) is 1. The zero-order valence-corrected chi connectivity index (χ0v) is 14.3. The lowest BCUT2D eigenvalue weighted by Gasteiger charge is -2.19. The van der Waals surface area contributed by atoms with E-state index in [1.807, 2.05) is 20.8 Å². The average Bonchev–Trinajstić information content (AvgIpc) is 2.92. The molecule has 1 rings (SSSR count). The molecule has 1 aromatic rings. The summed E-state index contributed by atoms with van der Waals surface area (Å²) in [6, 6.07) is 1.61. The first-order chi connectivity index (χ1) is 10.8. The van der Waals surface area contributed by atoms with Crippen LogP contribution in [0.2, 0.25) is 0 Å². The molecule has 1 heterocycles. The number of carbonyl (C=O) groups is 2. The van der Waals surface area contributed by atoms with E-state index in [0.29, 0.717) is 12.3 Å². The minimum atomic E-state index is -0.492. The SMILES string of the molecule is COC(=O)c1cc(CCCCCCNC(=O)OC(C)(C)C)on1. The number of esters is 1. The molecule has 1 N–H and O–H groups in total. The first kappa shape index (κ1) is 19.0. The Kier molecular flexibility index (Phi) is 7.57. The molecule has 1 aromatic heterocycles. The molecule has 0 saturated carbocycles. The highest BCUT2D eigenvalue weighted by atomic mass is 16.6. The van der Waals surface area contributed by atoms with Crippen LogP contribution in [0.15, 0.2) is 10.6 Å². The molecule has 0 aliphatic heterocycles. The van der Waals surface area contributed by atoms with Crippen molar-refractivity contribution in [3.8, 4) is 0 Å². The van der Waals surface area contributed by atoms with E-state index in [4.69, 9.17) is 9.26 Å². The molecule has 0 radical (unpaired) electrons. The highest BCUT2D eigenvalue weighted by Crippen LogP contribution is 2.10. The lowest BCUT2D eigenvalue weighted by Crippen LogP contribution is -2.32. The topological polar surface area (TPSA) is 90.7 Å². The van der Waals surface area contributed by atoms with Crippen molar-refractivity contribution >= 4 is 12.1 Å². The molecule has 0 aliphatic carbocycles. The quantitative estimate of drug-likeness (QED) is 0.583. The number of nitrogens with zero attached hydrogens (tertiary/aromatic N) is 1. The molecule has 7 nitrogen and oxygen atoms in total. The summed E-state index contributed by atoms with van der Waals surface area (Å²) in [6.45, 7) is 6.11. The number of aryl methyl sites for hydroxylation is 1. The van der Waals surface area contributed by atoms with Gasteiger partial charge in [-0.15, -0.1) is 0 Å². The van der Waals surface area contributed by atoms with Gasteiger partial charge in [0.2, 0.25) is 0 Å². The van der Waals surface area contributed by atoms with Crippen LogP contribution in [0.4, 0.5) is 4.79 Å². The smallest absolute Gasteiger partial charge is 0.407 e. The molecule has 0 saturated heterocycles. The second-order valence-corrected chi connectivity index (χ2v) is 6.26. The van der Waals surface area contributed by atoms with Crippen molar-refractivity contribution < 1.29 is 23.6 Å². The third kappa shape index (κ3) is 8.23. The first-order valence-corrected chi connectivity index (χ1v) is 7.82. The lowest BCUT2D eigenvalue weighted by molar-refractivity contribution is 0.0525. The van der Waals surface area contributed by atoms with E-state index in [1.165, 1.54) is 7.11 Å². The number of rotatable bonds is 8. The second-order valence-electron chi connectivity index (χ2n) is 6.26. The predicted octanol–water partition coefficient (Wildman–Crippen LogP) is 3.09. The van der Waals surface area contributed by atoms with Gasteiger partial charge in [-0.2, -0.15) is 0 Å². The summed E-state index contributed by atoms with van der Waals surface area (Å²) in [5.74, 6) is 0.186. The maximum Gasteiger partial charge on any atom is 0.407 e. The molecular weight excluding hydrogens is 300 g/mol. The van der Waals surface area contributed by atoms with Crippen molar-refractivity contribution in [3.63, 3.8) is 0 Å². The molecule has 0 bridgehead atoms. The summed E-state index contributed by atoms with van der Waals surface area (Å²) >= 11 is 0. The molecule has 7 heteroatoms. The fourth-order valence-electron chi connectivity index (χ4n) is 1.91. The van der Waals surface area contributed by atoms with Gasteiger partial charge in [-0.25, -0.2) is 9.59 Å². The normalized spacial score (nSPS) is 11.1. The van der Waals surface area contributed by atoms with Gasteiger partial charge in [0.15, 0.2) is 5.69 Å². The number of carbonyl (C=O) groups excluding carboxylic acids is 2. The van der Waals surface area contributed by atoms with Crippen LogP contribution in [0, 0.1) is 0 Å². The Morgan fingerprint density at radius 3 is 2.57 bits per heavy atom.